The van der Waals surface area contributed by atoms with E-state index in [4.69, 9.17) is 26.7 Å². The van der Waals surface area contributed by atoms with E-state index in [0.29, 0.717) is 33.8 Å². The van der Waals surface area contributed by atoms with Crippen LogP contribution in [0, 0.1) is 13.8 Å². The molecule has 1 aliphatic rings. The summed E-state index contributed by atoms with van der Waals surface area (Å²) in [5.74, 6) is -1.45. The number of hydrogen-bond acceptors (Lipinski definition) is 10. The Morgan fingerprint density at radius 2 is 1.54 bits per heavy atom. The van der Waals surface area contributed by atoms with Crippen molar-refractivity contribution in [2.45, 2.75) is 57.8 Å². The van der Waals surface area contributed by atoms with Gasteiger partial charge in [0.1, 0.15) is 42.8 Å². The van der Waals surface area contributed by atoms with Gasteiger partial charge in [-0.15, -0.1) is 0 Å². The van der Waals surface area contributed by atoms with Crippen molar-refractivity contribution in [2.75, 3.05) is 46.9 Å². The SMILES string of the molecule is C=C(NC(=O)NC)C1Cc2ccc(OCCN)c(c2)-c2cc(ccc2OCCN)C(N(C)C(=O)[C@H](CCN)NC(=O)c2ccc(C)cc2C)C(=O)N[C@@H](C)C(=O)N1. The molecule has 4 rings (SSSR count). The van der Waals surface area contributed by atoms with Crippen LogP contribution in [-0.2, 0) is 20.8 Å². The third-order valence-electron chi connectivity index (χ3n) is 9.50. The topological polar surface area (TPSA) is 245 Å². The maximum absolute atomic E-state index is 14.5. The minimum Gasteiger partial charge on any atom is -0.492 e. The van der Waals surface area contributed by atoms with Crippen LogP contribution in [0.2, 0.25) is 0 Å². The molecule has 57 heavy (non-hydrogen) atoms. The summed E-state index contributed by atoms with van der Waals surface area (Å²) in [4.78, 5) is 69.7. The van der Waals surface area contributed by atoms with Gasteiger partial charge >= 0.3 is 6.03 Å². The molecule has 0 fully saturated rings. The molecule has 16 nitrogen and oxygen atoms in total. The van der Waals surface area contributed by atoms with Gasteiger partial charge < -0.3 is 58.2 Å². The average molecular weight is 786 g/mol. The first-order chi connectivity index (χ1) is 27.2. The summed E-state index contributed by atoms with van der Waals surface area (Å²) >= 11 is 0. The summed E-state index contributed by atoms with van der Waals surface area (Å²) in [6.45, 7) is 10.1. The number of rotatable bonds is 14. The Balaban J connectivity index is 1.89. The molecular weight excluding hydrogens is 731 g/mol. The smallest absolute Gasteiger partial charge is 0.318 e. The van der Waals surface area contributed by atoms with E-state index >= 15 is 0 Å². The molecule has 3 aromatic carbocycles. The van der Waals surface area contributed by atoms with Gasteiger partial charge in [0.15, 0.2) is 0 Å². The molecule has 6 amide bonds. The average Bonchev–Trinajstić information content (AvgIpc) is 3.18. The number of nitrogens with zero attached hydrogens (tertiary/aromatic N) is 1. The van der Waals surface area contributed by atoms with E-state index in [-0.39, 0.29) is 51.4 Å². The molecule has 1 aliphatic heterocycles. The first-order valence-corrected chi connectivity index (χ1v) is 18.8. The Morgan fingerprint density at radius 3 is 2.16 bits per heavy atom. The van der Waals surface area contributed by atoms with Gasteiger partial charge in [-0.2, -0.15) is 0 Å². The second kappa shape index (κ2) is 20.3. The third-order valence-corrected chi connectivity index (χ3v) is 9.50. The van der Waals surface area contributed by atoms with E-state index in [2.05, 4.69) is 33.2 Å². The zero-order valence-electron chi connectivity index (χ0n) is 33.2. The molecule has 0 spiro atoms. The van der Waals surface area contributed by atoms with Crippen molar-refractivity contribution in [1.29, 1.82) is 0 Å². The minimum absolute atomic E-state index is 0.0615. The van der Waals surface area contributed by atoms with Gasteiger partial charge in [-0.25, -0.2) is 4.79 Å². The number of urea groups is 1. The molecular formula is C41H55N9O7. The fourth-order valence-corrected chi connectivity index (χ4v) is 6.53. The Labute approximate surface area is 333 Å². The standard InChI is InChI=1S/C41H55N9O7/c1-23-7-10-29(24(2)19-23)38(52)48-32(13-14-42)40(54)50(6)36-28-9-12-35(57-18-16-44)31(22-28)30-20-27(8-11-34(30)56-17-15-43)21-33(25(3)47-41(55)45-5)49-37(51)26(4)46-39(36)53/h7-12,19-20,22,26,32-33,36H,3,13-18,21,42-44H2,1-2,4-6H3,(H,46,53)(H,48,52)(H,49,51)(H2,45,47,55)/t26-,32-,33?,36?/m0/s1. The second-order valence-electron chi connectivity index (χ2n) is 13.9. The zero-order chi connectivity index (χ0) is 41.8. The van der Waals surface area contributed by atoms with Crippen molar-refractivity contribution in [3.8, 4) is 22.6 Å². The fraction of sp³-hybridized carbons (Fsp3) is 0.390. The van der Waals surface area contributed by atoms with Crippen molar-refractivity contribution < 1.29 is 33.4 Å². The van der Waals surface area contributed by atoms with Crippen molar-refractivity contribution in [3.63, 3.8) is 0 Å². The Morgan fingerprint density at radius 1 is 0.895 bits per heavy atom. The van der Waals surface area contributed by atoms with Crippen molar-refractivity contribution in [1.82, 2.24) is 31.5 Å². The Kier molecular flexibility index (Phi) is 15.6. The first-order valence-electron chi connectivity index (χ1n) is 18.8. The lowest BCUT2D eigenvalue weighted by atomic mass is 9.93. The summed E-state index contributed by atoms with van der Waals surface area (Å²) in [5.41, 5.74) is 22.1. The van der Waals surface area contributed by atoms with E-state index in [9.17, 15) is 24.0 Å². The molecule has 11 N–H and O–H groups in total. The van der Waals surface area contributed by atoms with Crippen LogP contribution in [0.3, 0.4) is 0 Å². The molecule has 4 atom stereocenters. The Hall–Kier alpha value is -5.97. The molecule has 4 bridgehead atoms. The molecule has 0 radical (unpaired) electrons. The highest BCUT2D eigenvalue weighted by Gasteiger charge is 2.36. The van der Waals surface area contributed by atoms with E-state index < -0.39 is 53.8 Å². The van der Waals surface area contributed by atoms with Gasteiger partial charge in [0.05, 0.1) is 6.04 Å². The highest BCUT2D eigenvalue weighted by atomic mass is 16.5. The van der Waals surface area contributed by atoms with Crippen LogP contribution in [-0.4, -0.2) is 99.6 Å². The number of aryl methyl sites for hydroxylation is 2. The van der Waals surface area contributed by atoms with E-state index in [0.717, 1.165) is 16.7 Å². The summed E-state index contributed by atoms with van der Waals surface area (Å²) in [6, 6.07) is 11.0. The van der Waals surface area contributed by atoms with Crippen molar-refractivity contribution in [3.05, 3.63) is 94.7 Å². The van der Waals surface area contributed by atoms with Crippen LogP contribution in [0.5, 0.6) is 11.5 Å². The number of carbonyl (C=O) groups excluding carboxylic acids is 5. The monoisotopic (exact) mass is 785 g/mol. The van der Waals surface area contributed by atoms with Crippen LogP contribution < -0.4 is 53.3 Å². The molecule has 306 valence electrons. The number of amides is 6. The number of benzene rings is 3. The highest BCUT2D eigenvalue weighted by molar-refractivity contribution is 6.00. The highest BCUT2D eigenvalue weighted by Crippen LogP contribution is 2.40. The lowest BCUT2D eigenvalue weighted by molar-refractivity contribution is -0.141. The predicted octanol–water partition coefficient (Wildman–Crippen LogP) is 1.28. The van der Waals surface area contributed by atoms with Crippen LogP contribution >= 0.6 is 0 Å². The molecule has 16 heteroatoms. The minimum atomic E-state index is -1.33. The van der Waals surface area contributed by atoms with E-state index in [1.807, 2.05) is 38.1 Å². The van der Waals surface area contributed by atoms with Crippen LogP contribution in [0.4, 0.5) is 4.79 Å². The van der Waals surface area contributed by atoms with Gasteiger partial charge in [-0.05, 0) is 87.2 Å². The molecule has 0 aromatic heterocycles. The van der Waals surface area contributed by atoms with E-state index in [1.54, 1.807) is 30.3 Å². The maximum atomic E-state index is 14.5. The number of nitrogens with two attached hydrogens (primary N) is 3. The molecule has 3 aromatic rings. The number of likely N-dealkylation sites (N-methyl/N-ethyl adjacent to an activating group) is 1. The fourth-order valence-electron chi connectivity index (χ4n) is 6.53. The lowest BCUT2D eigenvalue weighted by Gasteiger charge is -2.33. The van der Waals surface area contributed by atoms with Crippen LogP contribution in [0.1, 0.15) is 52.0 Å². The summed E-state index contributed by atoms with van der Waals surface area (Å²) in [6.07, 6.45) is 0.266. The molecule has 0 aliphatic carbocycles. The number of fused-ring (bicyclic) bond motifs is 5. The van der Waals surface area contributed by atoms with Gasteiger partial charge in [0.25, 0.3) is 5.91 Å². The number of carbonyl (C=O) groups is 5. The molecule has 1 heterocycles. The van der Waals surface area contributed by atoms with Gasteiger partial charge in [-0.1, -0.05) is 36.4 Å². The summed E-state index contributed by atoms with van der Waals surface area (Å²) < 4.78 is 12.2. The van der Waals surface area contributed by atoms with Crippen LogP contribution in [0.15, 0.2) is 66.9 Å². The molecule has 2 unspecified atom stereocenters. The Bertz CT molecular complexity index is 1970. The van der Waals surface area contributed by atoms with Gasteiger partial charge in [0, 0.05) is 49.6 Å². The third kappa shape index (κ3) is 11.1. The number of nitrogens with one attached hydrogen (secondary N) is 5. The first kappa shape index (κ1) is 43.8. The largest absolute Gasteiger partial charge is 0.492 e. The summed E-state index contributed by atoms with van der Waals surface area (Å²) in [7, 11) is 2.90. The second-order valence-corrected chi connectivity index (χ2v) is 13.9. The van der Waals surface area contributed by atoms with Crippen molar-refractivity contribution in [2.24, 2.45) is 17.2 Å². The predicted molar refractivity (Wildman–Crippen MR) is 217 cm³/mol. The zero-order valence-corrected chi connectivity index (χ0v) is 33.2. The lowest BCUT2D eigenvalue weighted by Crippen LogP contribution is -2.55. The maximum Gasteiger partial charge on any atom is 0.318 e. The van der Waals surface area contributed by atoms with Crippen molar-refractivity contribution >= 4 is 29.7 Å². The van der Waals surface area contributed by atoms with Gasteiger partial charge in [0.2, 0.25) is 17.7 Å². The van der Waals surface area contributed by atoms with Gasteiger partial charge in [-0.3, -0.25) is 19.2 Å². The molecule has 0 saturated carbocycles. The number of ether oxygens (including phenoxy) is 2. The van der Waals surface area contributed by atoms with Crippen LogP contribution in [0.25, 0.3) is 11.1 Å². The molecule has 0 saturated heterocycles. The quantitative estimate of drug-likeness (QED) is 0.116. The number of hydrogen-bond donors (Lipinski definition) is 8. The normalized spacial score (nSPS) is 17.2. The van der Waals surface area contributed by atoms with E-state index in [1.165, 1.54) is 25.9 Å². The summed E-state index contributed by atoms with van der Waals surface area (Å²) in [5, 5.41) is 13.6.